The van der Waals surface area contributed by atoms with Crippen LogP contribution in [-0.2, 0) is 14.3 Å². The summed E-state index contributed by atoms with van der Waals surface area (Å²) >= 11 is 0. The number of methoxy groups -OCH3 is 1. The Kier molecular flexibility index (Phi) is 8.88. The fourth-order valence-corrected chi connectivity index (χ4v) is 4.28. The zero-order chi connectivity index (χ0) is 26.4. The van der Waals surface area contributed by atoms with Crippen LogP contribution < -0.4 is 4.74 Å². The number of ketones is 1. The van der Waals surface area contributed by atoms with Crippen LogP contribution in [0.1, 0.15) is 55.2 Å². The summed E-state index contributed by atoms with van der Waals surface area (Å²) in [4.78, 5) is 41.9. The van der Waals surface area contributed by atoms with Gasteiger partial charge in [0.25, 0.3) is 11.7 Å². The Morgan fingerprint density at radius 3 is 2.11 bits per heavy atom. The first kappa shape index (κ1) is 26.9. The van der Waals surface area contributed by atoms with Crippen molar-refractivity contribution >= 4 is 23.4 Å². The van der Waals surface area contributed by atoms with Crippen molar-refractivity contribution in [2.24, 2.45) is 0 Å². The Hall–Kier alpha value is -3.65. The SMILES string of the molecule is CCN(CC)CCN1C(=O)C(=O)/C(=C(/O)c2ccc(OC(C)C)cc2)[C@@H]1c1ccc(C(=O)OC)cc1. The predicted octanol–water partition coefficient (Wildman–Crippen LogP) is 4.02. The van der Waals surface area contributed by atoms with Crippen LogP contribution in [-0.4, -0.2) is 72.0 Å². The van der Waals surface area contributed by atoms with Gasteiger partial charge in [-0.2, -0.15) is 0 Å². The van der Waals surface area contributed by atoms with E-state index in [0.717, 1.165) is 13.1 Å². The lowest BCUT2D eigenvalue weighted by atomic mass is 9.94. The molecule has 36 heavy (non-hydrogen) atoms. The molecule has 1 atom stereocenters. The van der Waals surface area contributed by atoms with E-state index in [4.69, 9.17) is 9.47 Å². The van der Waals surface area contributed by atoms with E-state index in [1.165, 1.54) is 12.0 Å². The standard InChI is InChI=1S/C28H34N2O6/c1-6-29(7-2)16-17-30-24(19-8-10-21(11-9-19)28(34)35-5)23(26(32)27(30)33)25(31)20-12-14-22(15-13-20)36-18(3)4/h8-15,18,24,31H,6-7,16-17H2,1-5H3/b25-23+/t24-/m0/s1. The first-order valence-electron chi connectivity index (χ1n) is 12.2. The van der Waals surface area contributed by atoms with E-state index in [1.807, 2.05) is 27.7 Å². The van der Waals surface area contributed by atoms with Crippen LogP contribution in [0, 0.1) is 0 Å². The van der Waals surface area contributed by atoms with Crippen molar-refractivity contribution in [3.05, 3.63) is 70.8 Å². The minimum atomic E-state index is -0.793. The summed E-state index contributed by atoms with van der Waals surface area (Å²) < 4.78 is 10.4. The van der Waals surface area contributed by atoms with E-state index in [-0.39, 0.29) is 17.4 Å². The van der Waals surface area contributed by atoms with Gasteiger partial charge in [0.2, 0.25) is 0 Å². The maximum Gasteiger partial charge on any atom is 0.337 e. The smallest absolute Gasteiger partial charge is 0.337 e. The summed E-state index contributed by atoms with van der Waals surface area (Å²) in [6.45, 7) is 10.4. The van der Waals surface area contributed by atoms with Gasteiger partial charge in [-0.1, -0.05) is 26.0 Å². The molecule has 0 radical (unpaired) electrons. The summed E-state index contributed by atoms with van der Waals surface area (Å²) in [7, 11) is 1.30. The topological polar surface area (TPSA) is 96.4 Å². The Balaban J connectivity index is 2.06. The fourth-order valence-electron chi connectivity index (χ4n) is 4.28. The van der Waals surface area contributed by atoms with Crippen LogP contribution in [0.25, 0.3) is 5.76 Å². The van der Waals surface area contributed by atoms with Crippen molar-refractivity contribution in [3.8, 4) is 5.75 Å². The van der Waals surface area contributed by atoms with E-state index >= 15 is 0 Å². The average Bonchev–Trinajstić information content (AvgIpc) is 3.13. The summed E-state index contributed by atoms with van der Waals surface area (Å²) in [5.74, 6) is -1.50. The summed E-state index contributed by atoms with van der Waals surface area (Å²) in [6.07, 6.45) is -0.00598. The molecule has 8 nitrogen and oxygen atoms in total. The van der Waals surface area contributed by atoms with Gasteiger partial charge in [-0.05, 0) is 68.9 Å². The summed E-state index contributed by atoms with van der Waals surface area (Å²) in [6, 6.07) is 12.5. The quantitative estimate of drug-likeness (QED) is 0.231. The van der Waals surface area contributed by atoms with Gasteiger partial charge in [0.05, 0.1) is 30.4 Å². The number of esters is 1. The Morgan fingerprint density at radius 2 is 1.58 bits per heavy atom. The van der Waals surface area contributed by atoms with Gasteiger partial charge < -0.3 is 24.4 Å². The van der Waals surface area contributed by atoms with Gasteiger partial charge in [-0.15, -0.1) is 0 Å². The number of carbonyl (C=O) groups is 3. The average molecular weight is 495 g/mol. The number of Topliss-reactive ketones (excluding diaryl/α,β-unsaturated/α-hetero) is 1. The van der Waals surface area contributed by atoms with Gasteiger partial charge in [0, 0.05) is 18.7 Å². The zero-order valence-corrected chi connectivity index (χ0v) is 21.5. The van der Waals surface area contributed by atoms with Crippen LogP contribution in [0.15, 0.2) is 54.1 Å². The van der Waals surface area contributed by atoms with Crippen LogP contribution in [0.2, 0.25) is 0 Å². The second-order valence-corrected chi connectivity index (χ2v) is 8.82. The first-order valence-corrected chi connectivity index (χ1v) is 12.2. The number of likely N-dealkylation sites (tertiary alicyclic amines) is 1. The lowest BCUT2D eigenvalue weighted by molar-refractivity contribution is -0.140. The molecule has 1 aliphatic heterocycles. The monoisotopic (exact) mass is 494 g/mol. The van der Waals surface area contributed by atoms with E-state index in [2.05, 4.69) is 4.90 Å². The molecule has 0 spiro atoms. The minimum absolute atomic E-state index is 0.00598. The number of rotatable bonds is 10. The molecule has 192 valence electrons. The molecule has 0 aliphatic carbocycles. The number of nitrogens with zero attached hydrogens (tertiary/aromatic N) is 2. The third kappa shape index (κ3) is 5.76. The molecule has 3 rings (SSSR count). The van der Waals surface area contributed by atoms with Gasteiger partial charge in [-0.3, -0.25) is 9.59 Å². The minimum Gasteiger partial charge on any atom is -0.507 e. The molecular weight excluding hydrogens is 460 g/mol. The molecule has 0 unspecified atom stereocenters. The Morgan fingerprint density at radius 1 is 1.00 bits per heavy atom. The van der Waals surface area contributed by atoms with Crippen molar-refractivity contribution in [1.29, 1.82) is 0 Å². The number of hydrogen-bond donors (Lipinski definition) is 1. The summed E-state index contributed by atoms with van der Waals surface area (Å²) in [5, 5.41) is 11.2. The number of aliphatic hydroxyl groups excluding tert-OH is 1. The first-order chi connectivity index (χ1) is 17.2. The molecule has 1 fully saturated rings. The third-order valence-corrected chi connectivity index (χ3v) is 6.24. The van der Waals surface area contributed by atoms with Crippen LogP contribution in [0.3, 0.4) is 0 Å². The Labute approximate surface area is 212 Å². The number of ether oxygens (including phenoxy) is 2. The fraction of sp³-hybridized carbons (Fsp3) is 0.393. The largest absolute Gasteiger partial charge is 0.507 e. The zero-order valence-electron chi connectivity index (χ0n) is 21.5. The molecule has 2 aromatic rings. The van der Waals surface area contributed by atoms with Gasteiger partial charge in [0.1, 0.15) is 11.5 Å². The number of aliphatic hydroxyl groups is 1. The lowest BCUT2D eigenvalue weighted by Gasteiger charge is -2.28. The number of amides is 1. The highest BCUT2D eigenvalue weighted by Gasteiger charge is 2.46. The molecule has 1 aliphatic rings. The number of carbonyl (C=O) groups excluding carboxylic acids is 3. The number of benzene rings is 2. The highest BCUT2D eigenvalue weighted by molar-refractivity contribution is 6.46. The normalized spacial score (nSPS) is 17.2. The van der Waals surface area contributed by atoms with Gasteiger partial charge in [0.15, 0.2) is 0 Å². The molecule has 8 heteroatoms. The van der Waals surface area contributed by atoms with Crippen molar-refractivity contribution in [2.75, 3.05) is 33.3 Å². The molecule has 2 aromatic carbocycles. The number of likely N-dealkylation sites (N-methyl/N-ethyl adjacent to an activating group) is 1. The second kappa shape index (κ2) is 11.9. The van der Waals surface area contributed by atoms with E-state index in [9.17, 15) is 19.5 Å². The van der Waals surface area contributed by atoms with Crippen LogP contribution in [0.4, 0.5) is 0 Å². The van der Waals surface area contributed by atoms with Gasteiger partial charge in [-0.25, -0.2) is 4.79 Å². The van der Waals surface area contributed by atoms with Crippen molar-refractivity contribution in [1.82, 2.24) is 9.80 Å². The molecular formula is C28H34N2O6. The maximum absolute atomic E-state index is 13.2. The second-order valence-electron chi connectivity index (χ2n) is 8.82. The maximum atomic E-state index is 13.2. The lowest BCUT2D eigenvalue weighted by Crippen LogP contribution is -2.38. The van der Waals surface area contributed by atoms with E-state index in [1.54, 1.807) is 48.5 Å². The molecule has 1 saturated heterocycles. The molecule has 1 heterocycles. The van der Waals surface area contributed by atoms with Crippen molar-refractivity contribution in [3.63, 3.8) is 0 Å². The molecule has 0 bridgehead atoms. The van der Waals surface area contributed by atoms with Crippen molar-refractivity contribution in [2.45, 2.75) is 39.8 Å². The van der Waals surface area contributed by atoms with E-state index in [0.29, 0.717) is 35.5 Å². The van der Waals surface area contributed by atoms with Gasteiger partial charge >= 0.3 is 5.97 Å². The summed E-state index contributed by atoms with van der Waals surface area (Å²) in [5.41, 5.74) is 1.39. The van der Waals surface area contributed by atoms with Crippen LogP contribution in [0.5, 0.6) is 5.75 Å². The molecule has 0 saturated carbocycles. The molecule has 1 N–H and O–H groups in total. The molecule has 0 aromatic heterocycles. The highest BCUT2D eigenvalue weighted by Crippen LogP contribution is 2.39. The van der Waals surface area contributed by atoms with Crippen molar-refractivity contribution < 1.29 is 29.0 Å². The highest BCUT2D eigenvalue weighted by atomic mass is 16.5. The predicted molar refractivity (Wildman–Crippen MR) is 137 cm³/mol. The van der Waals surface area contributed by atoms with E-state index < -0.39 is 23.7 Å². The Bertz CT molecular complexity index is 1120. The van der Waals surface area contributed by atoms with Crippen LogP contribution >= 0.6 is 0 Å². The number of hydrogen-bond acceptors (Lipinski definition) is 7. The third-order valence-electron chi connectivity index (χ3n) is 6.24. The molecule has 1 amide bonds.